The minimum Gasteiger partial charge on any atom is -0.376 e. The predicted octanol–water partition coefficient (Wildman–Crippen LogP) is 3.89. The third kappa shape index (κ3) is 5.56. The number of rotatable bonds is 9. The van der Waals surface area contributed by atoms with Gasteiger partial charge in [0.15, 0.2) is 0 Å². The van der Waals surface area contributed by atoms with E-state index in [1.807, 2.05) is 38.1 Å². The molecule has 0 saturated carbocycles. The van der Waals surface area contributed by atoms with Crippen LogP contribution < -0.4 is 10.6 Å². The number of carbonyl (C=O) groups is 1. The summed E-state index contributed by atoms with van der Waals surface area (Å²) in [7, 11) is -3.47. The van der Waals surface area contributed by atoms with Gasteiger partial charge in [-0.3, -0.25) is 4.79 Å². The molecular formula is C21H29N3O3S. The lowest BCUT2D eigenvalue weighted by Crippen LogP contribution is -2.30. The van der Waals surface area contributed by atoms with Crippen LogP contribution >= 0.6 is 0 Å². The molecule has 2 N–H and O–H groups in total. The minimum atomic E-state index is -3.47. The van der Waals surface area contributed by atoms with Crippen molar-refractivity contribution in [3.8, 4) is 0 Å². The molecule has 28 heavy (non-hydrogen) atoms. The maximum absolute atomic E-state index is 12.5. The number of hydrogen-bond donors (Lipinski definition) is 2. The number of benzene rings is 2. The number of sulfonamides is 1. The number of hydrogen-bond acceptors (Lipinski definition) is 4. The molecule has 0 spiro atoms. The zero-order valence-electron chi connectivity index (χ0n) is 16.9. The minimum absolute atomic E-state index is 0.0913. The Hall–Kier alpha value is -2.38. The number of anilines is 2. The Morgan fingerprint density at radius 3 is 2.21 bits per heavy atom. The summed E-state index contributed by atoms with van der Waals surface area (Å²) in [4.78, 5) is 12.4. The Labute approximate surface area is 168 Å². The van der Waals surface area contributed by atoms with E-state index in [9.17, 15) is 13.2 Å². The molecule has 2 aromatic carbocycles. The number of nitrogens with zero attached hydrogens (tertiary/aromatic N) is 1. The monoisotopic (exact) mass is 403 g/mol. The molecule has 0 aliphatic heterocycles. The lowest BCUT2D eigenvalue weighted by molar-refractivity contribution is -0.114. The van der Waals surface area contributed by atoms with Crippen molar-refractivity contribution in [2.45, 2.75) is 38.5 Å². The van der Waals surface area contributed by atoms with Gasteiger partial charge in [0.2, 0.25) is 15.9 Å². The van der Waals surface area contributed by atoms with Crippen LogP contribution in [0.25, 0.3) is 0 Å². The summed E-state index contributed by atoms with van der Waals surface area (Å²) in [6.07, 6.45) is 0. The smallest absolute Gasteiger partial charge is 0.243 e. The maximum atomic E-state index is 12.5. The molecule has 6 nitrogen and oxygen atoms in total. The van der Waals surface area contributed by atoms with Crippen molar-refractivity contribution in [1.82, 2.24) is 4.31 Å². The molecular weight excluding hydrogens is 374 g/mol. The first-order valence-corrected chi connectivity index (χ1v) is 11.0. The van der Waals surface area contributed by atoms with Gasteiger partial charge >= 0.3 is 0 Å². The van der Waals surface area contributed by atoms with Gasteiger partial charge in [-0.05, 0) is 47.9 Å². The zero-order chi connectivity index (χ0) is 20.7. The first-order valence-electron chi connectivity index (χ1n) is 9.51. The molecule has 2 aromatic rings. The van der Waals surface area contributed by atoms with Gasteiger partial charge in [-0.25, -0.2) is 8.42 Å². The molecule has 1 amide bonds. The normalized spacial score (nSPS) is 11.6. The second-order valence-electron chi connectivity index (χ2n) is 6.80. The Balaban J connectivity index is 1.96. The highest BCUT2D eigenvalue weighted by Gasteiger charge is 2.21. The summed E-state index contributed by atoms with van der Waals surface area (Å²) < 4.78 is 26.4. The fourth-order valence-electron chi connectivity index (χ4n) is 2.82. The number of nitrogens with one attached hydrogen (secondary N) is 2. The van der Waals surface area contributed by atoms with E-state index in [4.69, 9.17) is 0 Å². The van der Waals surface area contributed by atoms with Crippen molar-refractivity contribution in [3.05, 3.63) is 54.1 Å². The van der Waals surface area contributed by atoms with Gasteiger partial charge in [0.1, 0.15) is 0 Å². The molecule has 7 heteroatoms. The van der Waals surface area contributed by atoms with Crippen LogP contribution in [0, 0.1) is 0 Å². The quantitative estimate of drug-likeness (QED) is 0.666. The van der Waals surface area contributed by atoms with Crippen LogP contribution in [-0.4, -0.2) is 38.3 Å². The molecule has 0 saturated heterocycles. The lowest BCUT2D eigenvalue weighted by atomic mass is 10.0. The average molecular weight is 404 g/mol. The Morgan fingerprint density at radius 1 is 1.00 bits per heavy atom. The molecule has 0 aliphatic carbocycles. The fourth-order valence-corrected chi connectivity index (χ4v) is 4.28. The second kappa shape index (κ2) is 9.71. The van der Waals surface area contributed by atoms with E-state index < -0.39 is 10.0 Å². The van der Waals surface area contributed by atoms with E-state index in [0.29, 0.717) is 24.7 Å². The van der Waals surface area contributed by atoms with Gasteiger partial charge in [0, 0.05) is 24.5 Å². The van der Waals surface area contributed by atoms with Crippen molar-refractivity contribution in [2.75, 3.05) is 30.3 Å². The van der Waals surface area contributed by atoms with E-state index in [1.165, 1.54) is 4.31 Å². The van der Waals surface area contributed by atoms with Crippen molar-refractivity contribution < 1.29 is 13.2 Å². The molecule has 0 bridgehead atoms. The van der Waals surface area contributed by atoms with Gasteiger partial charge in [-0.2, -0.15) is 4.31 Å². The predicted molar refractivity (Wildman–Crippen MR) is 114 cm³/mol. The van der Waals surface area contributed by atoms with Gasteiger partial charge in [-0.15, -0.1) is 0 Å². The van der Waals surface area contributed by atoms with Crippen LogP contribution in [-0.2, 0) is 14.8 Å². The van der Waals surface area contributed by atoms with Gasteiger partial charge in [-0.1, -0.05) is 39.8 Å². The maximum Gasteiger partial charge on any atom is 0.243 e. The van der Waals surface area contributed by atoms with E-state index >= 15 is 0 Å². The third-order valence-corrected chi connectivity index (χ3v) is 6.55. The number of carbonyl (C=O) groups excluding carboxylic acids is 1. The van der Waals surface area contributed by atoms with Crippen molar-refractivity contribution in [1.29, 1.82) is 0 Å². The van der Waals surface area contributed by atoms with Gasteiger partial charge in [0.05, 0.1) is 11.4 Å². The van der Waals surface area contributed by atoms with Crippen molar-refractivity contribution >= 4 is 27.3 Å². The van der Waals surface area contributed by atoms with E-state index in [-0.39, 0.29) is 17.3 Å². The Bertz CT molecular complexity index is 889. The van der Waals surface area contributed by atoms with Crippen LogP contribution in [0.3, 0.4) is 0 Å². The summed E-state index contributed by atoms with van der Waals surface area (Å²) in [6, 6.07) is 14.2. The van der Waals surface area contributed by atoms with Crippen molar-refractivity contribution in [2.24, 2.45) is 0 Å². The summed E-state index contributed by atoms with van der Waals surface area (Å²) in [6.45, 7) is 8.78. The van der Waals surface area contributed by atoms with E-state index in [2.05, 4.69) is 24.5 Å². The Kier molecular flexibility index (Phi) is 7.60. The first kappa shape index (κ1) is 21.9. The molecule has 2 rings (SSSR count). The van der Waals surface area contributed by atoms with Gasteiger partial charge < -0.3 is 10.6 Å². The molecule has 0 aliphatic rings. The molecule has 0 atom stereocenters. The number of amides is 1. The molecule has 0 heterocycles. The van der Waals surface area contributed by atoms with E-state index in [1.54, 1.807) is 24.3 Å². The fraction of sp³-hybridized carbons (Fsp3) is 0.381. The summed E-state index contributed by atoms with van der Waals surface area (Å²) in [5.74, 6) is 0.224. The van der Waals surface area contributed by atoms with E-state index in [0.717, 1.165) is 11.3 Å². The molecule has 152 valence electrons. The highest BCUT2D eigenvalue weighted by atomic mass is 32.2. The molecule has 0 unspecified atom stereocenters. The lowest BCUT2D eigenvalue weighted by Gasteiger charge is -2.18. The molecule has 0 aromatic heterocycles. The van der Waals surface area contributed by atoms with Crippen LogP contribution in [0.5, 0.6) is 0 Å². The van der Waals surface area contributed by atoms with Gasteiger partial charge in [0.25, 0.3) is 0 Å². The summed E-state index contributed by atoms with van der Waals surface area (Å²) in [5.41, 5.74) is 2.61. The molecule has 0 fully saturated rings. The first-order chi connectivity index (χ1) is 13.3. The van der Waals surface area contributed by atoms with Crippen molar-refractivity contribution in [3.63, 3.8) is 0 Å². The van der Waals surface area contributed by atoms with Crippen LogP contribution in [0.15, 0.2) is 53.4 Å². The zero-order valence-corrected chi connectivity index (χ0v) is 17.7. The highest BCUT2D eigenvalue weighted by Crippen LogP contribution is 2.19. The largest absolute Gasteiger partial charge is 0.376 e. The standard InChI is InChI=1S/C21H29N3O3S/c1-5-24(6-2)28(26,27)20-12-10-18(11-13-20)22-15-21(25)23-19-9-7-8-17(14-19)16(3)4/h7-14,16,22H,5-6,15H2,1-4H3,(H,23,25). The van der Waals surface area contributed by atoms with Crippen LogP contribution in [0.2, 0.25) is 0 Å². The van der Waals surface area contributed by atoms with Crippen LogP contribution in [0.4, 0.5) is 11.4 Å². The van der Waals surface area contributed by atoms with Crippen LogP contribution in [0.1, 0.15) is 39.2 Å². The summed E-state index contributed by atoms with van der Waals surface area (Å²) in [5, 5.41) is 5.89. The SMILES string of the molecule is CCN(CC)S(=O)(=O)c1ccc(NCC(=O)Nc2cccc(C(C)C)c2)cc1. The second-order valence-corrected chi connectivity index (χ2v) is 8.73. The summed E-state index contributed by atoms with van der Waals surface area (Å²) >= 11 is 0. The third-order valence-electron chi connectivity index (χ3n) is 4.49. The average Bonchev–Trinajstić information content (AvgIpc) is 2.67. The highest BCUT2D eigenvalue weighted by molar-refractivity contribution is 7.89. The molecule has 0 radical (unpaired) electrons. The Morgan fingerprint density at radius 2 is 1.64 bits per heavy atom. The topological polar surface area (TPSA) is 78.5 Å².